The molecule has 0 fully saturated rings. The first-order valence-electron chi connectivity index (χ1n) is 5.97. The van der Waals surface area contributed by atoms with Crippen LogP contribution in [0, 0.1) is 5.82 Å². The molecule has 0 unspecified atom stereocenters. The van der Waals surface area contributed by atoms with Crippen LogP contribution < -0.4 is 0 Å². The van der Waals surface area contributed by atoms with Gasteiger partial charge in [0.05, 0.1) is 23.1 Å². The van der Waals surface area contributed by atoms with Crippen molar-refractivity contribution in [3.63, 3.8) is 0 Å². The molecular weight excluding hydrogens is 305 g/mol. The maximum Gasteiger partial charge on any atom is 0.258 e. The van der Waals surface area contributed by atoms with Crippen LogP contribution in [0.4, 0.5) is 13.2 Å². The molecule has 0 aliphatic carbocycles. The summed E-state index contributed by atoms with van der Waals surface area (Å²) in [5.74, 6) is -0.456. The van der Waals surface area contributed by atoms with E-state index in [2.05, 4.69) is 15.1 Å². The molecule has 0 N–H and O–H groups in total. The molecule has 3 rings (SSSR count). The summed E-state index contributed by atoms with van der Waals surface area (Å²) in [5, 5.41) is 4.02. The van der Waals surface area contributed by atoms with Crippen molar-refractivity contribution >= 4 is 22.8 Å². The Morgan fingerprint density at radius 2 is 2.05 bits per heavy atom. The predicted octanol–water partition coefficient (Wildman–Crippen LogP) is 3.55. The zero-order valence-electron chi connectivity index (χ0n) is 10.5. The number of fused-ring (bicyclic) bond motifs is 1. The van der Waals surface area contributed by atoms with Gasteiger partial charge < -0.3 is 0 Å². The Hall–Kier alpha value is -2.15. The molecule has 0 bridgehead atoms. The summed E-state index contributed by atoms with van der Waals surface area (Å²) in [6.07, 6.45) is 0.220. The van der Waals surface area contributed by atoms with Gasteiger partial charge in [0.2, 0.25) is 0 Å². The molecule has 0 saturated carbocycles. The van der Waals surface area contributed by atoms with Crippen LogP contribution in [0.5, 0.6) is 0 Å². The van der Waals surface area contributed by atoms with E-state index in [0.717, 1.165) is 4.68 Å². The highest BCUT2D eigenvalue weighted by molar-refractivity contribution is 6.33. The Labute approximate surface area is 122 Å². The van der Waals surface area contributed by atoms with Gasteiger partial charge in [-0.3, -0.25) is 0 Å². The summed E-state index contributed by atoms with van der Waals surface area (Å²) in [4.78, 5) is 8.35. The number of hydrogen-bond acceptors (Lipinski definition) is 3. The molecule has 0 radical (unpaired) electrons. The van der Waals surface area contributed by atoms with Crippen LogP contribution in [0.25, 0.3) is 22.4 Å². The molecule has 1 aromatic carbocycles. The number of nitrogens with zero attached hydrogens (tertiary/aromatic N) is 4. The summed E-state index contributed by atoms with van der Waals surface area (Å²) in [5.41, 5.74) is 1.56. The predicted molar refractivity (Wildman–Crippen MR) is 71.7 cm³/mol. The van der Waals surface area contributed by atoms with E-state index in [9.17, 15) is 13.2 Å². The SMILES string of the molecule is Fc1ccc(-c2cnc3c(cnn3CC(F)F)n2)c(Cl)c1. The fraction of sp³-hybridized carbons (Fsp3) is 0.154. The van der Waals surface area contributed by atoms with Crippen molar-refractivity contribution in [3.8, 4) is 11.3 Å². The first kappa shape index (κ1) is 13.8. The van der Waals surface area contributed by atoms with Crippen molar-refractivity contribution in [3.05, 3.63) is 41.4 Å². The summed E-state index contributed by atoms with van der Waals surface area (Å²) in [6.45, 7) is -0.547. The first-order valence-corrected chi connectivity index (χ1v) is 6.34. The van der Waals surface area contributed by atoms with Gasteiger partial charge in [-0.1, -0.05) is 11.6 Å². The average Bonchev–Trinajstić information content (AvgIpc) is 2.80. The van der Waals surface area contributed by atoms with E-state index >= 15 is 0 Å². The molecule has 21 heavy (non-hydrogen) atoms. The van der Waals surface area contributed by atoms with E-state index in [1.54, 1.807) is 0 Å². The number of halogens is 4. The van der Waals surface area contributed by atoms with Gasteiger partial charge in [-0.05, 0) is 18.2 Å². The zero-order valence-corrected chi connectivity index (χ0v) is 11.2. The van der Waals surface area contributed by atoms with Crippen LogP contribution in [-0.4, -0.2) is 26.2 Å². The minimum absolute atomic E-state index is 0.198. The lowest BCUT2D eigenvalue weighted by Crippen LogP contribution is -2.08. The Kier molecular flexibility index (Phi) is 3.50. The van der Waals surface area contributed by atoms with Crippen molar-refractivity contribution in [2.45, 2.75) is 13.0 Å². The highest BCUT2D eigenvalue weighted by Gasteiger charge is 2.13. The largest absolute Gasteiger partial charge is 0.258 e. The smallest absolute Gasteiger partial charge is 0.241 e. The molecule has 0 spiro atoms. The summed E-state index contributed by atoms with van der Waals surface area (Å²) >= 11 is 5.96. The minimum Gasteiger partial charge on any atom is -0.241 e. The van der Waals surface area contributed by atoms with Crippen LogP contribution >= 0.6 is 11.6 Å². The van der Waals surface area contributed by atoms with Crippen molar-refractivity contribution in [2.24, 2.45) is 0 Å². The zero-order chi connectivity index (χ0) is 15.0. The molecule has 3 aromatic rings. The summed E-state index contributed by atoms with van der Waals surface area (Å²) < 4.78 is 38.9. The van der Waals surface area contributed by atoms with Gasteiger partial charge in [0.1, 0.15) is 17.9 Å². The Morgan fingerprint density at radius 1 is 1.24 bits per heavy atom. The van der Waals surface area contributed by atoms with Gasteiger partial charge in [0, 0.05) is 5.56 Å². The number of hydrogen-bond donors (Lipinski definition) is 0. The van der Waals surface area contributed by atoms with Crippen LogP contribution in [0.2, 0.25) is 5.02 Å². The van der Waals surface area contributed by atoms with Gasteiger partial charge in [0.25, 0.3) is 6.43 Å². The van der Waals surface area contributed by atoms with Crippen LogP contribution in [0.3, 0.4) is 0 Å². The summed E-state index contributed by atoms with van der Waals surface area (Å²) in [6, 6.07) is 3.91. The molecule has 0 saturated heterocycles. The molecule has 4 nitrogen and oxygen atoms in total. The van der Waals surface area contributed by atoms with E-state index in [1.807, 2.05) is 0 Å². The first-order chi connectivity index (χ1) is 10.0. The van der Waals surface area contributed by atoms with Crippen molar-refractivity contribution in [1.82, 2.24) is 19.7 Å². The Balaban J connectivity index is 2.05. The molecule has 0 aliphatic rings. The van der Waals surface area contributed by atoms with Gasteiger partial charge >= 0.3 is 0 Å². The molecule has 0 atom stereocenters. The van der Waals surface area contributed by atoms with E-state index in [4.69, 9.17) is 11.6 Å². The second kappa shape index (κ2) is 5.33. The van der Waals surface area contributed by atoms with Gasteiger partial charge in [-0.2, -0.15) is 5.10 Å². The number of aromatic nitrogens is 4. The highest BCUT2D eigenvalue weighted by Crippen LogP contribution is 2.27. The third kappa shape index (κ3) is 2.69. The monoisotopic (exact) mass is 312 g/mol. The average molecular weight is 313 g/mol. The summed E-state index contributed by atoms with van der Waals surface area (Å²) in [7, 11) is 0. The third-order valence-corrected chi connectivity index (χ3v) is 3.17. The Bertz CT molecular complexity index is 803. The lowest BCUT2D eigenvalue weighted by molar-refractivity contribution is 0.123. The van der Waals surface area contributed by atoms with E-state index in [0.29, 0.717) is 16.8 Å². The quantitative estimate of drug-likeness (QED) is 0.743. The lowest BCUT2D eigenvalue weighted by atomic mass is 10.1. The standard InChI is InChI=1S/C13H8ClF3N4/c14-9-3-7(15)1-2-8(9)10-4-18-13-11(20-10)5-19-21(13)6-12(16)17/h1-5,12H,6H2. The second-order valence-electron chi connectivity index (χ2n) is 4.31. The van der Waals surface area contributed by atoms with Crippen LogP contribution in [-0.2, 0) is 6.54 Å². The Morgan fingerprint density at radius 3 is 2.76 bits per heavy atom. The van der Waals surface area contributed by atoms with Gasteiger partial charge in [-0.15, -0.1) is 0 Å². The molecular formula is C13H8ClF3N4. The van der Waals surface area contributed by atoms with Gasteiger partial charge in [-0.25, -0.2) is 27.8 Å². The molecule has 2 heterocycles. The van der Waals surface area contributed by atoms with E-state index < -0.39 is 18.8 Å². The number of alkyl halides is 2. The maximum atomic E-state index is 13.0. The highest BCUT2D eigenvalue weighted by atomic mass is 35.5. The van der Waals surface area contributed by atoms with Crippen LogP contribution in [0.15, 0.2) is 30.6 Å². The molecule has 0 amide bonds. The second-order valence-corrected chi connectivity index (χ2v) is 4.71. The molecule has 2 aromatic heterocycles. The maximum absolute atomic E-state index is 13.0. The third-order valence-electron chi connectivity index (χ3n) is 2.86. The van der Waals surface area contributed by atoms with Gasteiger partial charge in [0.15, 0.2) is 5.65 Å². The van der Waals surface area contributed by atoms with E-state index in [1.165, 1.54) is 30.6 Å². The molecule has 108 valence electrons. The van der Waals surface area contributed by atoms with Crippen molar-refractivity contribution < 1.29 is 13.2 Å². The fourth-order valence-electron chi connectivity index (χ4n) is 1.95. The fourth-order valence-corrected chi connectivity index (χ4v) is 2.22. The minimum atomic E-state index is -2.53. The topological polar surface area (TPSA) is 43.6 Å². The normalized spacial score (nSPS) is 11.5. The number of benzene rings is 1. The molecule has 0 aliphatic heterocycles. The van der Waals surface area contributed by atoms with E-state index in [-0.39, 0.29) is 10.7 Å². The molecule has 8 heteroatoms. The number of rotatable bonds is 3. The van der Waals surface area contributed by atoms with Crippen molar-refractivity contribution in [2.75, 3.05) is 0 Å². The van der Waals surface area contributed by atoms with Crippen molar-refractivity contribution in [1.29, 1.82) is 0 Å². The van der Waals surface area contributed by atoms with Crippen LogP contribution in [0.1, 0.15) is 0 Å². The lowest BCUT2D eigenvalue weighted by Gasteiger charge is -2.04.